The molecule has 0 amide bonds. The number of hydrogen-bond acceptors (Lipinski definition) is 3. The number of rotatable bonds is 2. The second-order valence-corrected chi connectivity index (χ2v) is 7.69. The Morgan fingerprint density at radius 1 is 1.12 bits per heavy atom. The first-order chi connectivity index (χ1) is 11.5. The number of nitrogens with zero attached hydrogens (tertiary/aromatic N) is 3. The largest absolute Gasteiger partial charge is 0.348 e. The highest BCUT2D eigenvalue weighted by atomic mass is 35.5. The second kappa shape index (κ2) is 5.61. The maximum Gasteiger partial charge on any atom is 0.129 e. The Hall–Kier alpha value is -1.84. The summed E-state index contributed by atoms with van der Waals surface area (Å²) in [7, 11) is 0. The van der Waals surface area contributed by atoms with Crippen molar-refractivity contribution in [2.75, 3.05) is 11.4 Å². The molecule has 3 nitrogen and oxygen atoms in total. The Morgan fingerprint density at radius 2 is 1.92 bits per heavy atom. The lowest BCUT2D eigenvalue weighted by molar-refractivity contribution is 0.178. The van der Waals surface area contributed by atoms with Gasteiger partial charge in [-0.05, 0) is 29.8 Å². The fourth-order valence-corrected chi connectivity index (χ4v) is 3.95. The van der Waals surface area contributed by atoms with Gasteiger partial charge in [-0.3, -0.25) is 4.98 Å². The highest BCUT2D eigenvalue weighted by molar-refractivity contribution is 6.45. The Labute approximate surface area is 151 Å². The Bertz CT molecular complexity index is 909. The predicted octanol–water partition coefficient (Wildman–Crippen LogP) is 5.52. The Balaban J connectivity index is 1.78. The Morgan fingerprint density at radius 3 is 2.62 bits per heavy atom. The summed E-state index contributed by atoms with van der Waals surface area (Å²) in [5, 5.41) is 2.03. The quantitative estimate of drug-likeness (QED) is 0.604. The summed E-state index contributed by atoms with van der Waals surface area (Å²) in [6.45, 7) is 5.47. The van der Waals surface area contributed by atoms with E-state index < -0.39 is 0 Å². The minimum absolute atomic E-state index is 0.164. The van der Waals surface area contributed by atoms with Crippen molar-refractivity contribution in [3.05, 3.63) is 64.4 Å². The summed E-state index contributed by atoms with van der Waals surface area (Å²) < 4.78 is 0. The van der Waals surface area contributed by atoms with Gasteiger partial charge in [-0.15, -0.1) is 0 Å². The van der Waals surface area contributed by atoms with E-state index in [4.69, 9.17) is 28.2 Å². The van der Waals surface area contributed by atoms with Crippen molar-refractivity contribution < 1.29 is 0 Å². The van der Waals surface area contributed by atoms with Crippen LogP contribution in [0.5, 0.6) is 0 Å². The van der Waals surface area contributed by atoms with Crippen LogP contribution in [-0.4, -0.2) is 16.5 Å². The smallest absolute Gasteiger partial charge is 0.129 e. The molecule has 0 spiro atoms. The van der Waals surface area contributed by atoms with E-state index >= 15 is 0 Å². The minimum atomic E-state index is 0.164. The number of aromatic nitrogens is 2. The van der Waals surface area contributed by atoms with Crippen molar-refractivity contribution in [1.82, 2.24) is 9.97 Å². The van der Waals surface area contributed by atoms with Gasteiger partial charge >= 0.3 is 0 Å². The number of hydrogen-bond donors (Lipinski definition) is 0. The fraction of sp³-hybridized carbons (Fsp3) is 0.263. The zero-order chi connectivity index (χ0) is 16.9. The first-order valence-corrected chi connectivity index (χ1v) is 8.64. The average molecular weight is 358 g/mol. The van der Waals surface area contributed by atoms with Crippen molar-refractivity contribution >= 4 is 39.9 Å². The fourth-order valence-electron chi connectivity index (χ4n) is 3.59. The van der Waals surface area contributed by atoms with Crippen LogP contribution < -0.4 is 4.90 Å². The molecule has 1 saturated heterocycles. The van der Waals surface area contributed by atoms with Crippen LogP contribution in [0.2, 0.25) is 10.0 Å². The van der Waals surface area contributed by atoms with Gasteiger partial charge in [0.25, 0.3) is 0 Å². The van der Waals surface area contributed by atoms with Crippen molar-refractivity contribution in [2.24, 2.45) is 5.41 Å². The predicted molar refractivity (Wildman–Crippen MR) is 99.9 cm³/mol. The van der Waals surface area contributed by atoms with Gasteiger partial charge in [-0.1, -0.05) is 49.2 Å². The molecule has 24 heavy (non-hydrogen) atoms. The molecular formula is C19H17Cl2N3. The summed E-state index contributed by atoms with van der Waals surface area (Å²) in [5.74, 6) is 0.917. The van der Waals surface area contributed by atoms with E-state index in [1.54, 1.807) is 12.3 Å². The van der Waals surface area contributed by atoms with Gasteiger partial charge in [0.2, 0.25) is 0 Å². The maximum atomic E-state index is 6.35. The first kappa shape index (κ1) is 15.7. The molecule has 4 rings (SSSR count). The summed E-state index contributed by atoms with van der Waals surface area (Å²) in [6, 6.07) is 12.2. The molecule has 1 fully saturated rings. The normalized spacial score (nSPS) is 19.3. The third-order valence-electron chi connectivity index (χ3n) is 4.66. The van der Waals surface area contributed by atoms with Crippen LogP contribution in [0.1, 0.15) is 25.5 Å². The third kappa shape index (κ3) is 2.43. The number of halogens is 2. The Kier molecular flexibility index (Phi) is 3.66. The molecule has 1 aliphatic rings. The molecule has 0 bridgehead atoms. The van der Waals surface area contributed by atoms with Crippen molar-refractivity contribution in [2.45, 2.75) is 19.9 Å². The molecule has 1 aromatic carbocycles. The molecule has 122 valence electrons. The van der Waals surface area contributed by atoms with Gasteiger partial charge < -0.3 is 4.90 Å². The molecule has 0 N–H and O–H groups in total. The van der Waals surface area contributed by atoms with Gasteiger partial charge in [0.15, 0.2) is 0 Å². The van der Waals surface area contributed by atoms with Crippen LogP contribution >= 0.6 is 23.2 Å². The lowest BCUT2D eigenvalue weighted by Gasteiger charge is -2.55. The number of anilines is 1. The average Bonchev–Trinajstić information content (AvgIpc) is 2.57. The number of fused-ring (bicyclic) bond motifs is 1. The minimum Gasteiger partial charge on any atom is -0.348 e. The zero-order valence-electron chi connectivity index (χ0n) is 13.5. The number of benzene rings is 1. The third-order valence-corrected chi connectivity index (χ3v) is 5.46. The molecule has 5 heteroatoms. The first-order valence-electron chi connectivity index (χ1n) is 7.89. The highest BCUT2D eigenvalue weighted by Crippen LogP contribution is 2.50. The van der Waals surface area contributed by atoms with E-state index in [-0.39, 0.29) is 11.5 Å². The molecule has 0 aliphatic carbocycles. The van der Waals surface area contributed by atoms with Crippen LogP contribution in [0.15, 0.2) is 48.8 Å². The zero-order valence-corrected chi connectivity index (χ0v) is 15.0. The SMILES string of the molecule is CC1(C)CN(c2ccc3ccc(Cl)c(Cl)c3n2)C1c1cccnc1. The van der Waals surface area contributed by atoms with E-state index in [0.717, 1.165) is 23.3 Å². The topological polar surface area (TPSA) is 29.0 Å². The van der Waals surface area contributed by atoms with E-state index in [1.165, 1.54) is 5.56 Å². The van der Waals surface area contributed by atoms with E-state index in [2.05, 4.69) is 29.8 Å². The summed E-state index contributed by atoms with van der Waals surface area (Å²) in [6.07, 6.45) is 3.74. The van der Waals surface area contributed by atoms with Gasteiger partial charge in [-0.25, -0.2) is 4.98 Å². The van der Waals surface area contributed by atoms with E-state index in [0.29, 0.717) is 10.0 Å². The van der Waals surface area contributed by atoms with E-state index in [9.17, 15) is 0 Å². The molecule has 1 unspecified atom stereocenters. The van der Waals surface area contributed by atoms with Gasteiger partial charge in [-0.2, -0.15) is 0 Å². The van der Waals surface area contributed by atoms with Gasteiger partial charge in [0, 0.05) is 29.7 Å². The van der Waals surface area contributed by atoms with Crippen LogP contribution in [0, 0.1) is 5.41 Å². The van der Waals surface area contributed by atoms with Crippen molar-refractivity contribution in [1.29, 1.82) is 0 Å². The van der Waals surface area contributed by atoms with Crippen LogP contribution in [0.4, 0.5) is 5.82 Å². The lowest BCUT2D eigenvalue weighted by atomic mass is 9.72. The van der Waals surface area contributed by atoms with Crippen LogP contribution in [-0.2, 0) is 0 Å². The molecule has 0 saturated carbocycles. The summed E-state index contributed by atoms with van der Waals surface area (Å²) in [5.41, 5.74) is 2.11. The second-order valence-electron chi connectivity index (χ2n) is 6.91. The molecule has 3 aromatic rings. The maximum absolute atomic E-state index is 6.35. The molecular weight excluding hydrogens is 341 g/mol. The molecule has 1 aliphatic heterocycles. The van der Waals surface area contributed by atoms with Crippen molar-refractivity contribution in [3.8, 4) is 0 Å². The standard InChI is InChI=1S/C19H17Cl2N3/c1-19(2)11-24(18(19)13-4-3-9-22-10-13)15-8-6-12-5-7-14(20)16(21)17(12)23-15/h3-10,18H,11H2,1-2H3. The van der Waals surface area contributed by atoms with Gasteiger partial charge in [0.1, 0.15) is 5.82 Å². The number of pyridine rings is 2. The molecule has 0 radical (unpaired) electrons. The molecule has 3 heterocycles. The van der Waals surface area contributed by atoms with Crippen molar-refractivity contribution in [3.63, 3.8) is 0 Å². The highest BCUT2D eigenvalue weighted by Gasteiger charge is 2.47. The van der Waals surface area contributed by atoms with Gasteiger partial charge in [0.05, 0.1) is 21.6 Å². The molecule has 2 aromatic heterocycles. The summed E-state index contributed by atoms with van der Waals surface area (Å²) in [4.78, 5) is 11.4. The lowest BCUT2D eigenvalue weighted by Crippen LogP contribution is -2.56. The molecule has 1 atom stereocenters. The monoisotopic (exact) mass is 357 g/mol. The van der Waals surface area contributed by atoms with E-state index in [1.807, 2.05) is 30.5 Å². The van der Waals surface area contributed by atoms with Crippen LogP contribution in [0.25, 0.3) is 10.9 Å². The summed E-state index contributed by atoms with van der Waals surface area (Å²) >= 11 is 12.5. The van der Waals surface area contributed by atoms with Crippen LogP contribution in [0.3, 0.4) is 0 Å².